The van der Waals surface area contributed by atoms with Crippen LogP contribution in [-0.4, -0.2) is 12.6 Å². The van der Waals surface area contributed by atoms with Gasteiger partial charge in [0.15, 0.2) is 0 Å². The fraction of sp³-hybridized carbons (Fsp3) is 0.750. The summed E-state index contributed by atoms with van der Waals surface area (Å²) < 4.78 is 4.96. The van der Waals surface area contributed by atoms with E-state index in [0.29, 0.717) is 6.61 Å². The van der Waals surface area contributed by atoms with Gasteiger partial charge >= 0.3 is 5.97 Å². The van der Waals surface area contributed by atoms with Crippen LogP contribution in [0.15, 0.2) is 12.2 Å². The number of ether oxygens (including phenoxy) is 1. The summed E-state index contributed by atoms with van der Waals surface area (Å²) in [4.78, 5) is 10.9. The molecule has 0 aliphatic rings. The Morgan fingerprint density at radius 2 is 2.00 bits per heavy atom. The second-order valence-corrected chi connectivity index (χ2v) is 3.91. The number of hydrogen-bond acceptors (Lipinski definition) is 2. The minimum Gasteiger partial charge on any atom is -0.463 e. The fourth-order valence-electron chi connectivity index (χ4n) is 1.19. The molecule has 14 heavy (non-hydrogen) atoms. The van der Waals surface area contributed by atoms with Crippen molar-refractivity contribution in [2.24, 2.45) is 5.92 Å². The van der Waals surface area contributed by atoms with Crippen molar-refractivity contribution in [2.75, 3.05) is 6.61 Å². The first-order valence-electron chi connectivity index (χ1n) is 5.46. The van der Waals surface area contributed by atoms with E-state index in [0.717, 1.165) is 18.8 Å². The number of esters is 1. The van der Waals surface area contributed by atoms with Crippen molar-refractivity contribution in [3.63, 3.8) is 0 Å². The van der Waals surface area contributed by atoms with E-state index in [1.165, 1.54) is 18.9 Å². The van der Waals surface area contributed by atoms with E-state index in [2.05, 4.69) is 13.8 Å². The lowest BCUT2D eigenvalue weighted by molar-refractivity contribution is -0.137. The van der Waals surface area contributed by atoms with E-state index < -0.39 is 0 Å². The molecule has 2 nitrogen and oxygen atoms in total. The van der Waals surface area contributed by atoms with Crippen molar-refractivity contribution < 1.29 is 9.53 Å². The van der Waals surface area contributed by atoms with Crippen LogP contribution in [0.1, 0.15) is 46.5 Å². The molecule has 0 heterocycles. The number of carbonyl (C=O) groups excluding carboxylic acids is 1. The van der Waals surface area contributed by atoms with Gasteiger partial charge in [-0.2, -0.15) is 0 Å². The average Bonchev–Trinajstić information content (AvgIpc) is 2.11. The maximum atomic E-state index is 10.9. The predicted molar refractivity (Wildman–Crippen MR) is 59.1 cm³/mol. The summed E-state index contributed by atoms with van der Waals surface area (Å²) in [6, 6.07) is 0. The van der Waals surface area contributed by atoms with Crippen molar-refractivity contribution >= 4 is 5.97 Å². The summed E-state index contributed by atoms with van der Waals surface area (Å²) in [5.41, 5.74) is 0. The number of carbonyl (C=O) groups is 1. The standard InChI is InChI=1S/C12H22O2/c1-4-8-12(13)14-10-7-5-6-9-11(2)3/h4,8,11H,5-7,9-10H2,1-3H3. The van der Waals surface area contributed by atoms with Crippen LogP contribution >= 0.6 is 0 Å². The molecule has 0 saturated heterocycles. The first-order chi connectivity index (χ1) is 6.66. The lowest BCUT2D eigenvalue weighted by atomic mass is 10.1. The van der Waals surface area contributed by atoms with Crippen molar-refractivity contribution in [3.05, 3.63) is 12.2 Å². The topological polar surface area (TPSA) is 26.3 Å². The third-order valence-electron chi connectivity index (χ3n) is 1.97. The van der Waals surface area contributed by atoms with Crippen LogP contribution in [0.2, 0.25) is 0 Å². The summed E-state index contributed by atoms with van der Waals surface area (Å²) in [6.45, 7) is 6.82. The van der Waals surface area contributed by atoms with Gasteiger partial charge in [-0.05, 0) is 19.3 Å². The van der Waals surface area contributed by atoms with Gasteiger partial charge in [-0.25, -0.2) is 4.79 Å². The first kappa shape index (κ1) is 13.2. The minimum atomic E-state index is -0.226. The molecule has 0 radical (unpaired) electrons. The summed E-state index contributed by atoms with van der Waals surface area (Å²) in [6.07, 6.45) is 7.79. The van der Waals surface area contributed by atoms with Crippen LogP contribution in [-0.2, 0) is 9.53 Å². The third kappa shape index (κ3) is 9.30. The molecule has 0 saturated carbocycles. The van der Waals surface area contributed by atoms with Gasteiger partial charge < -0.3 is 4.74 Å². The van der Waals surface area contributed by atoms with E-state index >= 15 is 0 Å². The SMILES string of the molecule is CC=CC(=O)OCCCCCC(C)C. The molecule has 0 aliphatic heterocycles. The highest BCUT2D eigenvalue weighted by Gasteiger charge is 1.97. The van der Waals surface area contributed by atoms with E-state index in [1.807, 2.05) is 6.92 Å². The third-order valence-corrected chi connectivity index (χ3v) is 1.97. The molecule has 0 amide bonds. The largest absolute Gasteiger partial charge is 0.463 e. The summed E-state index contributed by atoms with van der Waals surface area (Å²) in [5.74, 6) is 0.553. The van der Waals surface area contributed by atoms with Gasteiger partial charge in [0.25, 0.3) is 0 Å². The van der Waals surface area contributed by atoms with E-state index in [1.54, 1.807) is 6.08 Å². The highest BCUT2D eigenvalue weighted by atomic mass is 16.5. The molecule has 0 bridgehead atoms. The molecule has 0 aromatic carbocycles. The van der Waals surface area contributed by atoms with Crippen LogP contribution in [0, 0.1) is 5.92 Å². The van der Waals surface area contributed by atoms with Crippen LogP contribution in [0.4, 0.5) is 0 Å². The maximum Gasteiger partial charge on any atom is 0.330 e. The van der Waals surface area contributed by atoms with E-state index in [-0.39, 0.29) is 5.97 Å². The molecular formula is C12H22O2. The number of rotatable bonds is 7. The Balaban J connectivity index is 3.17. The summed E-state index contributed by atoms with van der Waals surface area (Å²) >= 11 is 0. The van der Waals surface area contributed by atoms with Gasteiger partial charge in [0.2, 0.25) is 0 Å². The molecule has 0 aromatic heterocycles. The van der Waals surface area contributed by atoms with Gasteiger partial charge in [0, 0.05) is 6.08 Å². The quantitative estimate of drug-likeness (QED) is 0.356. The molecule has 82 valence electrons. The molecule has 0 fully saturated rings. The van der Waals surface area contributed by atoms with Crippen molar-refractivity contribution in [2.45, 2.75) is 46.5 Å². The lowest BCUT2D eigenvalue weighted by Crippen LogP contribution is -2.02. The molecule has 0 aromatic rings. The predicted octanol–water partition coefficient (Wildman–Crippen LogP) is 3.32. The van der Waals surface area contributed by atoms with Gasteiger partial charge in [-0.15, -0.1) is 0 Å². The molecule has 0 N–H and O–H groups in total. The van der Waals surface area contributed by atoms with Crippen molar-refractivity contribution in [1.82, 2.24) is 0 Å². The first-order valence-corrected chi connectivity index (χ1v) is 5.46. The highest BCUT2D eigenvalue weighted by Crippen LogP contribution is 2.07. The smallest absolute Gasteiger partial charge is 0.330 e. The Hall–Kier alpha value is -0.790. The van der Waals surface area contributed by atoms with Gasteiger partial charge in [0.05, 0.1) is 6.61 Å². The van der Waals surface area contributed by atoms with Crippen LogP contribution in [0.3, 0.4) is 0 Å². The molecule has 2 heteroatoms. The summed E-state index contributed by atoms with van der Waals surface area (Å²) in [5, 5.41) is 0. The lowest BCUT2D eigenvalue weighted by Gasteiger charge is -2.04. The molecule has 0 atom stereocenters. The molecule has 0 aliphatic carbocycles. The Bertz CT molecular complexity index is 171. The fourth-order valence-corrected chi connectivity index (χ4v) is 1.19. The second-order valence-electron chi connectivity index (χ2n) is 3.91. The number of unbranched alkanes of at least 4 members (excludes halogenated alkanes) is 2. The van der Waals surface area contributed by atoms with Crippen molar-refractivity contribution in [1.29, 1.82) is 0 Å². The van der Waals surface area contributed by atoms with Gasteiger partial charge in [0.1, 0.15) is 0 Å². The zero-order valence-electron chi connectivity index (χ0n) is 9.58. The summed E-state index contributed by atoms with van der Waals surface area (Å²) in [7, 11) is 0. The minimum absolute atomic E-state index is 0.226. The Kier molecular flexibility index (Phi) is 8.30. The van der Waals surface area contributed by atoms with Gasteiger partial charge in [-0.3, -0.25) is 0 Å². The highest BCUT2D eigenvalue weighted by molar-refractivity contribution is 5.81. The second kappa shape index (κ2) is 8.79. The maximum absolute atomic E-state index is 10.9. The van der Waals surface area contributed by atoms with E-state index in [9.17, 15) is 4.79 Å². The van der Waals surface area contributed by atoms with Crippen molar-refractivity contribution in [3.8, 4) is 0 Å². The molecule has 0 spiro atoms. The normalized spacial score (nSPS) is 11.1. The Labute approximate surface area is 87.3 Å². The van der Waals surface area contributed by atoms with E-state index in [4.69, 9.17) is 4.74 Å². The zero-order chi connectivity index (χ0) is 10.8. The van der Waals surface area contributed by atoms with Gasteiger partial charge in [-0.1, -0.05) is 39.2 Å². The van der Waals surface area contributed by atoms with Crippen LogP contribution in [0.5, 0.6) is 0 Å². The van der Waals surface area contributed by atoms with Crippen LogP contribution < -0.4 is 0 Å². The van der Waals surface area contributed by atoms with Crippen LogP contribution in [0.25, 0.3) is 0 Å². The zero-order valence-corrected chi connectivity index (χ0v) is 9.58. The Morgan fingerprint density at radius 1 is 1.29 bits per heavy atom. The number of allylic oxidation sites excluding steroid dienone is 1. The molecular weight excluding hydrogens is 176 g/mol. The molecule has 0 unspecified atom stereocenters. The Morgan fingerprint density at radius 3 is 2.57 bits per heavy atom. The average molecular weight is 198 g/mol. The number of hydrogen-bond donors (Lipinski definition) is 0. The monoisotopic (exact) mass is 198 g/mol. The molecule has 0 rings (SSSR count).